The molecule has 0 bridgehead atoms. The van der Waals surface area contributed by atoms with E-state index >= 15 is 0 Å². The fraction of sp³-hybridized carbons (Fsp3) is 0.0588. The molecule has 130 valence electrons. The first kappa shape index (κ1) is 16.5. The van der Waals surface area contributed by atoms with Gasteiger partial charge in [0, 0.05) is 10.6 Å². The van der Waals surface area contributed by atoms with E-state index in [4.69, 9.17) is 16.0 Å². The molecule has 1 aromatic carbocycles. The van der Waals surface area contributed by atoms with E-state index in [1.807, 2.05) is 0 Å². The van der Waals surface area contributed by atoms with Crippen molar-refractivity contribution >= 4 is 45.5 Å². The number of hydrogen-bond donors (Lipinski definition) is 1. The molecule has 1 amide bonds. The van der Waals surface area contributed by atoms with Crippen LogP contribution in [0.4, 0.5) is 5.13 Å². The first-order valence-electron chi connectivity index (χ1n) is 7.44. The van der Waals surface area contributed by atoms with Gasteiger partial charge in [0.1, 0.15) is 23.1 Å². The molecular weight excluding hydrogens is 378 g/mol. The predicted octanol–water partition coefficient (Wildman–Crippen LogP) is 3.41. The molecule has 26 heavy (non-hydrogen) atoms. The molecule has 1 atom stereocenters. The van der Waals surface area contributed by atoms with Gasteiger partial charge < -0.3 is 9.52 Å². The maximum absolute atomic E-state index is 12.7. The highest BCUT2D eigenvalue weighted by Gasteiger charge is 2.49. The maximum Gasteiger partial charge on any atom is 0.302 e. The second-order valence-electron chi connectivity index (χ2n) is 5.41. The zero-order valence-electron chi connectivity index (χ0n) is 13.0. The number of aliphatic hydroxyl groups is 1. The average molecular weight is 388 g/mol. The SMILES string of the molecule is O=C1C(=O)N(c2nncs2)C(c2ccco2)/C1=C(\O)c1ccc(Cl)cc1. The van der Waals surface area contributed by atoms with E-state index in [9.17, 15) is 14.7 Å². The third-order valence-electron chi connectivity index (χ3n) is 3.93. The molecule has 0 radical (unpaired) electrons. The maximum atomic E-state index is 12.7. The second kappa shape index (κ2) is 6.40. The molecule has 0 aliphatic carbocycles. The molecule has 3 aromatic rings. The molecule has 1 saturated heterocycles. The minimum atomic E-state index is -0.936. The van der Waals surface area contributed by atoms with Crippen molar-refractivity contribution in [1.82, 2.24) is 10.2 Å². The van der Waals surface area contributed by atoms with Gasteiger partial charge in [0.25, 0.3) is 5.78 Å². The first-order chi connectivity index (χ1) is 12.6. The molecule has 1 aliphatic rings. The molecular formula is C17H10ClN3O4S. The lowest BCUT2D eigenvalue weighted by atomic mass is 9.99. The average Bonchev–Trinajstić information content (AvgIpc) is 3.37. The molecule has 1 aliphatic heterocycles. The Morgan fingerprint density at radius 1 is 1.23 bits per heavy atom. The minimum Gasteiger partial charge on any atom is -0.507 e. The summed E-state index contributed by atoms with van der Waals surface area (Å²) in [5, 5.41) is 19.1. The summed E-state index contributed by atoms with van der Waals surface area (Å²) in [6.07, 6.45) is 1.43. The zero-order valence-corrected chi connectivity index (χ0v) is 14.6. The lowest BCUT2D eigenvalue weighted by Gasteiger charge is -2.19. The van der Waals surface area contributed by atoms with E-state index in [0.29, 0.717) is 16.3 Å². The Labute approximate surface area is 156 Å². The summed E-state index contributed by atoms with van der Waals surface area (Å²) >= 11 is 6.98. The number of aliphatic hydroxyl groups excluding tert-OH is 1. The van der Waals surface area contributed by atoms with Crippen LogP contribution in [0.3, 0.4) is 0 Å². The van der Waals surface area contributed by atoms with Gasteiger partial charge in [-0.25, -0.2) is 0 Å². The number of rotatable bonds is 3. The molecule has 1 N–H and O–H groups in total. The summed E-state index contributed by atoms with van der Waals surface area (Å²) in [6, 6.07) is 8.62. The quantitative estimate of drug-likeness (QED) is 0.420. The van der Waals surface area contributed by atoms with E-state index in [1.54, 1.807) is 36.4 Å². The van der Waals surface area contributed by atoms with Crippen molar-refractivity contribution in [3.63, 3.8) is 0 Å². The van der Waals surface area contributed by atoms with Gasteiger partial charge in [-0.1, -0.05) is 22.9 Å². The number of carbonyl (C=O) groups is 2. The number of furan rings is 1. The highest BCUT2D eigenvalue weighted by atomic mass is 35.5. The van der Waals surface area contributed by atoms with Gasteiger partial charge in [-0.05, 0) is 36.4 Å². The first-order valence-corrected chi connectivity index (χ1v) is 8.70. The summed E-state index contributed by atoms with van der Waals surface area (Å²) < 4.78 is 5.42. The number of halogens is 1. The van der Waals surface area contributed by atoms with Crippen LogP contribution < -0.4 is 4.90 Å². The van der Waals surface area contributed by atoms with Gasteiger partial charge in [-0.3, -0.25) is 14.5 Å². The molecule has 1 unspecified atom stereocenters. The number of aromatic nitrogens is 2. The molecule has 3 heterocycles. The van der Waals surface area contributed by atoms with Crippen molar-refractivity contribution in [3.05, 3.63) is 70.1 Å². The molecule has 4 rings (SSSR count). The lowest BCUT2D eigenvalue weighted by molar-refractivity contribution is -0.132. The number of amides is 1. The molecule has 7 nitrogen and oxygen atoms in total. The largest absolute Gasteiger partial charge is 0.507 e. The van der Waals surface area contributed by atoms with E-state index in [0.717, 1.165) is 11.3 Å². The molecule has 9 heteroatoms. The van der Waals surface area contributed by atoms with Crippen LogP contribution in [-0.4, -0.2) is 27.0 Å². The third-order valence-corrected chi connectivity index (χ3v) is 4.87. The molecule has 0 spiro atoms. The van der Waals surface area contributed by atoms with Crippen molar-refractivity contribution in [2.75, 3.05) is 4.90 Å². The smallest absolute Gasteiger partial charge is 0.302 e. The summed E-state index contributed by atoms with van der Waals surface area (Å²) in [5.41, 5.74) is 1.73. The zero-order chi connectivity index (χ0) is 18.3. The van der Waals surface area contributed by atoms with Crippen LogP contribution in [0.15, 0.2) is 58.2 Å². The fourth-order valence-corrected chi connectivity index (χ4v) is 3.49. The van der Waals surface area contributed by atoms with Gasteiger partial charge in [-0.2, -0.15) is 0 Å². The van der Waals surface area contributed by atoms with Crippen LogP contribution in [0.1, 0.15) is 17.4 Å². The van der Waals surface area contributed by atoms with Crippen LogP contribution in [0.5, 0.6) is 0 Å². The number of Topliss-reactive ketones (excluding diaryl/α,β-unsaturated/α-hetero) is 1. The predicted molar refractivity (Wildman–Crippen MR) is 94.9 cm³/mol. The van der Waals surface area contributed by atoms with Gasteiger partial charge >= 0.3 is 5.91 Å². The van der Waals surface area contributed by atoms with Gasteiger partial charge in [-0.15, -0.1) is 10.2 Å². The van der Waals surface area contributed by atoms with Crippen LogP contribution in [0, 0.1) is 0 Å². The van der Waals surface area contributed by atoms with Crippen LogP contribution in [0.2, 0.25) is 5.02 Å². The Morgan fingerprint density at radius 2 is 2.00 bits per heavy atom. The van der Waals surface area contributed by atoms with Crippen LogP contribution in [0.25, 0.3) is 5.76 Å². The summed E-state index contributed by atoms with van der Waals surface area (Å²) in [4.78, 5) is 26.5. The summed E-state index contributed by atoms with van der Waals surface area (Å²) in [6.45, 7) is 0. The fourth-order valence-electron chi connectivity index (χ4n) is 2.78. The van der Waals surface area contributed by atoms with E-state index in [2.05, 4.69) is 10.2 Å². The van der Waals surface area contributed by atoms with Crippen molar-refractivity contribution < 1.29 is 19.1 Å². The van der Waals surface area contributed by atoms with E-state index in [1.165, 1.54) is 16.7 Å². The Morgan fingerprint density at radius 3 is 2.62 bits per heavy atom. The van der Waals surface area contributed by atoms with Gasteiger partial charge in [0.15, 0.2) is 0 Å². The normalized spacial score (nSPS) is 19.3. The number of anilines is 1. The highest BCUT2D eigenvalue weighted by molar-refractivity contribution is 7.13. The number of nitrogens with zero attached hydrogens (tertiary/aromatic N) is 3. The Balaban J connectivity index is 1.92. The Hall–Kier alpha value is -2.97. The lowest BCUT2D eigenvalue weighted by Crippen LogP contribution is -2.29. The molecule has 0 saturated carbocycles. The monoisotopic (exact) mass is 387 g/mol. The standard InChI is InChI=1S/C17H10ClN3O4S/c18-10-5-3-9(4-6-10)14(22)12-13(11-2-1-7-25-11)21(16(24)15(12)23)17-20-19-8-26-17/h1-8,13,22H/b14-12+. The van der Waals surface area contributed by atoms with Gasteiger partial charge in [0.2, 0.25) is 5.13 Å². The van der Waals surface area contributed by atoms with Crippen molar-refractivity contribution in [3.8, 4) is 0 Å². The van der Waals surface area contributed by atoms with Crippen LogP contribution >= 0.6 is 22.9 Å². The Bertz CT molecular complexity index is 997. The minimum absolute atomic E-state index is 0.0810. The third kappa shape index (κ3) is 2.59. The van der Waals surface area contributed by atoms with E-state index < -0.39 is 17.7 Å². The molecule has 2 aromatic heterocycles. The number of benzene rings is 1. The number of ketones is 1. The number of hydrogen-bond acceptors (Lipinski definition) is 7. The molecule has 1 fully saturated rings. The topological polar surface area (TPSA) is 96.5 Å². The highest BCUT2D eigenvalue weighted by Crippen LogP contribution is 2.42. The summed E-state index contributed by atoms with van der Waals surface area (Å²) in [7, 11) is 0. The van der Waals surface area contributed by atoms with Crippen LogP contribution in [-0.2, 0) is 9.59 Å². The number of carbonyl (C=O) groups excluding carboxylic acids is 2. The van der Waals surface area contributed by atoms with Crippen molar-refractivity contribution in [2.45, 2.75) is 6.04 Å². The second-order valence-corrected chi connectivity index (χ2v) is 6.66. The summed E-state index contributed by atoms with van der Waals surface area (Å²) in [5.74, 6) is -1.61. The van der Waals surface area contributed by atoms with Gasteiger partial charge in [0.05, 0.1) is 11.8 Å². The van der Waals surface area contributed by atoms with Crippen molar-refractivity contribution in [2.24, 2.45) is 0 Å². The Kier molecular flexibility index (Phi) is 4.06. The van der Waals surface area contributed by atoms with E-state index in [-0.39, 0.29) is 16.5 Å². The van der Waals surface area contributed by atoms with Crippen molar-refractivity contribution in [1.29, 1.82) is 0 Å².